The molecule has 0 bridgehead atoms. The predicted molar refractivity (Wildman–Crippen MR) is 89.5 cm³/mol. The Kier molecular flexibility index (Phi) is 6.03. The van der Waals surface area contributed by atoms with E-state index < -0.39 is 0 Å². The zero-order valence-corrected chi connectivity index (χ0v) is 14.3. The summed E-state index contributed by atoms with van der Waals surface area (Å²) in [6.45, 7) is 12.3. The van der Waals surface area contributed by atoms with Crippen molar-refractivity contribution in [3.05, 3.63) is 45.5 Å². The molecule has 0 radical (unpaired) electrons. The molecule has 0 spiro atoms. The summed E-state index contributed by atoms with van der Waals surface area (Å²) in [4.78, 5) is 3.81. The average molecular weight is 306 g/mol. The van der Waals surface area contributed by atoms with Gasteiger partial charge < -0.3 is 9.73 Å². The predicted octanol–water partition coefficient (Wildman–Crippen LogP) is 4.17. The third-order valence-corrected chi connectivity index (χ3v) is 4.39. The number of nitrogens with one attached hydrogen (secondary N) is 1. The zero-order valence-electron chi connectivity index (χ0n) is 13.5. The molecule has 1 N–H and O–H groups in total. The molecule has 0 aliphatic heterocycles. The lowest BCUT2D eigenvalue weighted by atomic mass is 10.2. The molecule has 4 heteroatoms. The SMILES string of the molecule is CCN(Cc1cc(C)c(CNC(C)C)o1)Cc1cccs1. The van der Waals surface area contributed by atoms with E-state index in [1.165, 1.54) is 10.4 Å². The quantitative estimate of drug-likeness (QED) is 0.793. The molecule has 0 atom stereocenters. The molecule has 2 aromatic rings. The van der Waals surface area contributed by atoms with Crippen LogP contribution in [0.25, 0.3) is 0 Å². The first-order chi connectivity index (χ1) is 10.1. The van der Waals surface area contributed by atoms with Gasteiger partial charge in [-0.1, -0.05) is 26.8 Å². The Balaban J connectivity index is 1.96. The first-order valence-corrected chi connectivity index (χ1v) is 8.52. The summed E-state index contributed by atoms with van der Waals surface area (Å²) >= 11 is 1.81. The van der Waals surface area contributed by atoms with Crippen LogP contribution in [0.3, 0.4) is 0 Å². The molecule has 21 heavy (non-hydrogen) atoms. The molecule has 0 fully saturated rings. The molecule has 116 valence electrons. The third kappa shape index (κ3) is 4.99. The fourth-order valence-corrected chi connectivity index (χ4v) is 3.01. The van der Waals surface area contributed by atoms with E-state index in [4.69, 9.17) is 4.42 Å². The van der Waals surface area contributed by atoms with E-state index >= 15 is 0 Å². The molecular weight excluding hydrogens is 280 g/mol. The van der Waals surface area contributed by atoms with Gasteiger partial charge >= 0.3 is 0 Å². The van der Waals surface area contributed by atoms with Crippen LogP contribution < -0.4 is 5.32 Å². The highest BCUT2D eigenvalue weighted by Crippen LogP contribution is 2.19. The van der Waals surface area contributed by atoms with E-state index in [2.05, 4.69) is 61.5 Å². The lowest BCUT2D eigenvalue weighted by Crippen LogP contribution is -2.22. The molecule has 3 nitrogen and oxygen atoms in total. The highest BCUT2D eigenvalue weighted by atomic mass is 32.1. The largest absolute Gasteiger partial charge is 0.463 e. The average Bonchev–Trinajstić information content (AvgIpc) is 3.05. The van der Waals surface area contributed by atoms with Gasteiger partial charge in [0.2, 0.25) is 0 Å². The van der Waals surface area contributed by atoms with Crippen molar-refractivity contribution in [2.75, 3.05) is 6.54 Å². The standard InChI is InChI=1S/C17H26N2OS/c1-5-19(12-16-7-6-8-21-16)11-15-9-14(4)17(20-15)10-18-13(2)3/h6-9,13,18H,5,10-12H2,1-4H3. The van der Waals surface area contributed by atoms with Crippen LogP contribution in [0, 0.1) is 6.92 Å². The molecule has 2 aromatic heterocycles. The second kappa shape index (κ2) is 7.78. The van der Waals surface area contributed by atoms with Crippen molar-refractivity contribution in [3.63, 3.8) is 0 Å². The monoisotopic (exact) mass is 306 g/mol. The van der Waals surface area contributed by atoms with Crippen molar-refractivity contribution in [2.24, 2.45) is 0 Å². The number of hydrogen-bond acceptors (Lipinski definition) is 4. The highest BCUT2D eigenvalue weighted by Gasteiger charge is 2.12. The molecule has 0 saturated carbocycles. The van der Waals surface area contributed by atoms with Crippen molar-refractivity contribution in [1.82, 2.24) is 10.2 Å². The number of aryl methyl sites for hydroxylation is 1. The fraction of sp³-hybridized carbons (Fsp3) is 0.529. The van der Waals surface area contributed by atoms with Crippen LogP contribution in [0.5, 0.6) is 0 Å². The number of nitrogens with zero attached hydrogens (tertiary/aromatic N) is 1. The van der Waals surface area contributed by atoms with Gasteiger partial charge in [0.25, 0.3) is 0 Å². The van der Waals surface area contributed by atoms with Crippen LogP contribution in [-0.4, -0.2) is 17.5 Å². The fourth-order valence-electron chi connectivity index (χ4n) is 2.26. The van der Waals surface area contributed by atoms with Gasteiger partial charge in [0, 0.05) is 17.5 Å². The number of thiophene rings is 1. The number of furan rings is 1. The Morgan fingerprint density at radius 1 is 1.33 bits per heavy atom. The van der Waals surface area contributed by atoms with E-state index in [-0.39, 0.29) is 0 Å². The molecule has 0 aromatic carbocycles. The smallest absolute Gasteiger partial charge is 0.120 e. The van der Waals surface area contributed by atoms with E-state index in [1.807, 2.05) is 11.3 Å². The summed E-state index contributed by atoms with van der Waals surface area (Å²) in [6, 6.07) is 6.96. The van der Waals surface area contributed by atoms with Crippen LogP contribution in [-0.2, 0) is 19.6 Å². The lowest BCUT2D eigenvalue weighted by Gasteiger charge is -2.18. The van der Waals surface area contributed by atoms with Gasteiger partial charge in [-0.15, -0.1) is 11.3 Å². The highest BCUT2D eigenvalue weighted by molar-refractivity contribution is 7.09. The van der Waals surface area contributed by atoms with E-state index in [0.717, 1.165) is 37.7 Å². The van der Waals surface area contributed by atoms with E-state index in [9.17, 15) is 0 Å². The summed E-state index contributed by atoms with van der Waals surface area (Å²) in [7, 11) is 0. The van der Waals surface area contributed by atoms with Crippen molar-refractivity contribution in [1.29, 1.82) is 0 Å². The summed E-state index contributed by atoms with van der Waals surface area (Å²) in [5, 5.41) is 5.55. The molecular formula is C17H26N2OS. The van der Waals surface area contributed by atoms with Crippen molar-refractivity contribution >= 4 is 11.3 Å². The van der Waals surface area contributed by atoms with Crippen LogP contribution in [0.4, 0.5) is 0 Å². The minimum atomic E-state index is 0.476. The first-order valence-electron chi connectivity index (χ1n) is 7.64. The summed E-state index contributed by atoms with van der Waals surface area (Å²) in [5.41, 5.74) is 1.24. The first kappa shape index (κ1) is 16.3. The topological polar surface area (TPSA) is 28.4 Å². The van der Waals surface area contributed by atoms with Crippen molar-refractivity contribution < 1.29 is 4.42 Å². The maximum atomic E-state index is 6.02. The maximum absolute atomic E-state index is 6.02. The molecule has 0 aliphatic carbocycles. The Morgan fingerprint density at radius 2 is 2.14 bits per heavy atom. The molecule has 2 rings (SSSR count). The summed E-state index contributed by atoms with van der Waals surface area (Å²) in [5.74, 6) is 2.12. The lowest BCUT2D eigenvalue weighted by molar-refractivity contribution is 0.246. The summed E-state index contributed by atoms with van der Waals surface area (Å²) in [6.07, 6.45) is 0. The van der Waals surface area contributed by atoms with Crippen molar-refractivity contribution in [2.45, 2.75) is 53.4 Å². The van der Waals surface area contributed by atoms with Gasteiger partial charge in [0.05, 0.1) is 13.1 Å². The van der Waals surface area contributed by atoms with Gasteiger partial charge in [-0.2, -0.15) is 0 Å². The Morgan fingerprint density at radius 3 is 2.76 bits per heavy atom. The van der Waals surface area contributed by atoms with Gasteiger partial charge in [0.1, 0.15) is 11.5 Å². The van der Waals surface area contributed by atoms with Gasteiger partial charge in [-0.25, -0.2) is 0 Å². The number of rotatable bonds is 8. The minimum Gasteiger partial charge on any atom is -0.463 e. The van der Waals surface area contributed by atoms with Gasteiger partial charge in [-0.3, -0.25) is 4.90 Å². The van der Waals surface area contributed by atoms with Crippen LogP contribution in [0.15, 0.2) is 28.0 Å². The van der Waals surface area contributed by atoms with Crippen LogP contribution >= 0.6 is 11.3 Å². The van der Waals surface area contributed by atoms with Gasteiger partial charge in [0.15, 0.2) is 0 Å². The van der Waals surface area contributed by atoms with Gasteiger partial charge in [-0.05, 0) is 36.5 Å². The number of hydrogen-bond donors (Lipinski definition) is 1. The van der Waals surface area contributed by atoms with E-state index in [0.29, 0.717) is 6.04 Å². The minimum absolute atomic E-state index is 0.476. The Labute approximate surface area is 132 Å². The second-order valence-corrected chi connectivity index (χ2v) is 6.77. The molecule has 2 heterocycles. The normalized spacial score (nSPS) is 11.7. The van der Waals surface area contributed by atoms with Crippen LogP contribution in [0.2, 0.25) is 0 Å². The Hall–Kier alpha value is -1.10. The molecule has 0 amide bonds. The molecule has 0 aliphatic rings. The zero-order chi connectivity index (χ0) is 15.2. The third-order valence-electron chi connectivity index (χ3n) is 3.53. The van der Waals surface area contributed by atoms with E-state index in [1.54, 1.807) is 0 Å². The Bertz CT molecular complexity index is 531. The second-order valence-electron chi connectivity index (χ2n) is 5.74. The van der Waals surface area contributed by atoms with Crippen LogP contribution in [0.1, 0.15) is 42.7 Å². The molecule has 0 saturated heterocycles. The summed E-state index contributed by atoms with van der Waals surface area (Å²) < 4.78 is 6.02. The molecule has 0 unspecified atom stereocenters. The van der Waals surface area contributed by atoms with Crippen molar-refractivity contribution in [3.8, 4) is 0 Å². The maximum Gasteiger partial charge on any atom is 0.120 e.